The van der Waals surface area contributed by atoms with Gasteiger partial charge in [0, 0.05) is 23.8 Å². The van der Waals surface area contributed by atoms with Gasteiger partial charge in [-0.15, -0.1) is 0 Å². The number of rotatable bonds is 4. The third-order valence-electron chi connectivity index (χ3n) is 5.49. The molecule has 0 heterocycles. The van der Waals surface area contributed by atoms with Gasteiger partial charge in [-0.05, 0) is 43.9 Å². The van der Waals surface area contributed by atoms with Crippen molar-refractivity contribution < 1.29 is 4.79 Å². The van der Waals surface area contributed by atoms with Gasteiger partial charge >= 0.3 is 0 Å². The normalized spacial score (nSPS) is 34.7. The van der Waals surface area contributed by atoms with Crippen LogP contribution in [0.1, 0.15) is 57.8 Å². The van der Waals surface area contributed by atoms with Gasteiger partial charge in [-0.3, -0.25) is 4.79 Å². The van der Waals surface area contributed by atoms with Crippen molar-refractivity contribution in [1.82, 2.24) is 4.90 Å². The van der Waals surface area contributed by atoms with E-state index in [0.717, 1.165) is 30.1 Å². The number of amides is 1. The molecule has 0 spiro atoms. The first-order valence-corrected chi connectivity index (χ1v) is 9.28. The highest BCUT2D eigenvalue weighted by molar-refractivity contribution is 9.09. The van der Waals surface area contributed by atoms with Gasteiger partial charge in [0.05, 0.1) is 0 Å². The highest BCUT2D eigenvalue weighted by atomic mass is 79.9. The second kappa shape index (κ2) is 6.15. The SMILES string of the molecule is O=C(C1CCC2CCCCC2C1)N(CCBr)C1CC1. The van der Waals surface area contributed by atoms with Crippen molar-refractivity contribution in [3.05, 3.63) is 0 Å². The number of halogens is 1. The minimum Gasteiger partial charge on any atom is -0.339 e. The van der Waals surface area contributed by atoms with Crippen molar-refractivity contribution in [2.45, 2.75) is 63.8 Å². The predicted molar refractivity (Wildman–Crippen MR) is 81.3 cm³/mol. The van der Waals surface area contributed by atoms with Crippen LogP contribution in [0.25, 0.3) is 0 Å². The fourth-order valence-corrected chi connectivity index (χ4v) is 4.66. The third kappa shape index (κ3) is 3.17. The molecule has 0 bridgehead atoms. The maximum atomic E-state index is 12.7. The van der Waals surface area contributed by atoms with Crippen LogP contribution in [0.15, 0.2) is 0 Å². The van der Waals surface area contributed by atoms with E-state index in [1.165, 1.54) is 51.4 Å². The minimum atomic E-state index is 0.346. The molecule has 2 nitrogen and oxygen atoms in total. The monoisotopic (exact) mass is 327 g/mol. The van der Waals surface area contributed by atoms with Crippen molar-refractivity contribution >= 4 is 21.8 Å². The van der Waals surface area contributed by atoms with E-state index in [9.17, 15) is 4.79 Å². The molecule has 0 radical (unpaired) electrons. The van der Waals surface area contributed by atoms with Crippen LogP contribution in [-0.2, 0) is 4.79 Å². The summed E-state index contributed by atoms with van der Waals surface area (Å²) in [6.45, 7) is 0.911. The van der Waals surface area contributed by atoms with Gasteiger partial charge in [-0.2, -0.15) is 0 Å². The van der Waals surface area contributed by atoms with Gasteiger partial charge in [0.25, 0.3) is 0 Å². The lowest BCUT2D eigenvalue weighted by Crippen LogP contribution is -2.42. The van der Waals surface area contributed by atoms with Crippen molar-refractivity contribution in [3.8, 4) is 0 Å². The maximum Gasteiger partial charge on any atom is 0.225 e. The lowest BCUT2D eigenvalue weighted by atomic mass is 9.67. The van der Waals surface area contributed by atoms with E-state index < -0.39 is 0 Å². The molecule has 3 saturated carbocycles. The number of carbonyl (C=O) groups excluding carboxylic acids is 1. The summed E-state index contributed by atoms with van der Waals surface area (Å²) in [5.41, 5.74) is 0. The summed E-state index contributed by atoms with van der Waals surface area (Å²) in [5, 5.41) is 0.925. The Kier molecular flexibility index (Phi) is 4.51. The highest BCUT2D eigenvalue weighted by Crippen LogP contribution is 2.43. The smallest absolute Gasteiger partial charge is 0.225 e. The fourth-order valence-electron chi connectivity index (χ4n) is 4.28. The van der Waals surface area contributed by atoms with Crippen LogP contribution in [0.2, 0.25) is 0 Å². The van der Waals surface area contributed by atoms with Crippen LogP contribution in [0.5, 0.6) is 0 Å². The first kappa shape index (κ1) is 13.9. The van der Waals surface area contributed by atoms with Crippen LogP contribution in [0.3, 0.4) is 0 Å². The second-order valence-corrected chi connectivity index (χ2v) is 7.56. The van der Waals surface area contributed by atoms with Crippen molar-refractivity contribution in [2.75, 3.05) is 11.9 Å². The third-order valence-corrected chi connectivity index (χ3v) is 5.84. The quantitative estimate of drug-likeness (QED) is 0.715. The molecular formula is C16H26BrNO. The standard InChI is InChI=1S/C16H26BrNO/c17-9-10-18(15-7-8-15)16(19)14-6-5-12-3-1-2-4-13(12)11-14/h12-15H,1-11H2. The molecular weight excluding hydrogens is 302 g/mol. The van der Waals surface area contributed by atoms with Gasteiger partial charge in [0.1, 0.15) is 0 Å². The maximum absolute atomic E-state index is 12.7. The molecule has 0 aromatic carbocycles. The Morgan fingerprint density at radius 2 is 1.74 bits per heavy atom. The molecule has 0 saturated heterocycles. The molecule has 3 atom stereocenters. The Morgan fingerprint density at radius 1 is 1.00 bits per heavy atom. The van der Waals surface area contributed by atoms with Gasteiger partial charge in [-0.25, -0.2) is 0 Å². The lowest BCUT2D eigenvalue weighted by molar-refractivity contribution is -0.138. The number of alkyl halides is 1. The van der Waals surface area contributed by atoms with Crippen LogP contribution in [0, 0.1) is 17.8 Å². The zero-order valence-electron chi connectivity index (χ0n) is 11.8. The molecule has 0 aromatic rings. The van der Waals surface area contributed by atoms with Gasteiger partial charge in [0.15, 0.2) is 0 Å². The predicted octanol–water partition coefficient (Wildman–Crippen LogP) is 3.98. The Balaban J connectivity index is 1.60. The molecule has 3 rings (SSSR count). The Labute approximate surface area is 125 Å². The van der Waals surface area contributed by atoms with E-state index in [0.29, 0.717) is 17.9 Å². The summed E-state index contributed by atoms with van der Waals surface area (Å²) >= 11 is 3.50. The molecule has 3 unspecified atom stereocenters. The molecule has 0 aliphatic heterocycles. The zero-order chi connectivity index (χ0) is 13.2. The lowest BCUT2D eigenvalue weighted by Gasteiger charge is -2.40. The topological polar surface area (TPSA) is 20.3 Å². The number of hydrogen-bond donors (Lipinski definition) is 0. The molecule has 3 fully saturated rings. The average Bonchev–Trinajstić information content (AvgIpc) is 3.28. The largest absolute Gasteiger partial charge is 0.339 e. The zero-order valence-corrected chi connectivity index (χ0v) is 13.4. The Hall–Kier alpha value is -0.0500. The number of nitrogens with zero attached hydrogens (tertiary/aromatic N) is 1. The van der Waals surface area contributed by atoms with E-state index in [4.69, 9.17) is 0 Å². The Morgan fingerprint density at radius 3 is 2.42 bits per heavy atom. The molecule has 3 aliphatic rings. The molecule has 3 aliphatic carbocycles. The molecule has 0 aromatic heterocycles. The van der Waals surface area contributed by atoms with Crippen molar-refractivity contribution in [1.29, 1.82) is 0 Å². The van der Waals surface area contributed by atoms with Crippen LogP contribution in [-0.4, -0.2) is 28.7 Å². The highest BCUT2D eigenvalue weighted by Gasteiger charge is 2.39. The first-order chi connectivity index (χ1) is 9.29. The van der Waals surface area contributed by atoms with Crippen molar-refractivity contribution in [3.63, 3.8) is 0 Å². The molecule has 19 heavy (non-hydrogen) atoms. The molecule has 0 N–H and O–H groups in total. The van der Waals surface area contributed by atoms with E-state index in [-0.39, 0.29) is 0 Å². The minimum absolute atomic E-state index is 0.346. The van der Waals surface area contributed by atoms with E-state index >= 15 is 0 Å². The van der Waals surface area contributed by atoms with Crippen LogP contribution < -0.4 is 0 Å². The first-order valence-electron chi connectivity index (χ1n) is 8.16. The van der Waals surface area contributed by atoms with Crippen molar-refractivity contribution in [2.24, 2.45) is 17.8 Å². The summed E-state index contributed by atoms with van der Waals surface area (Å²) in [6, 6.07) is 0.578. The second-order valence-electron chi connectivity index (χ2n) is 6.77. The number of carbonyl (C=O) groups is 1. The van der Waals surface area contributed by atoms with E-state index in [1.807, 2.05) is 0 Å². The van der Waals surface area contributed by atoms with Gasteiger partial charge in [0.2, 0.25) is 5.91 Å². The van der Waals surface area contributed by atoms with Crippen LogP contribution in [0.4, 0.5) is 0 Å². The van der Waals surface area contributed by atoms with Gasteiger partial charge in [-0.1, -0.05) is 41.6 Å². The number of fused-ring (bicyclic) bond motifs is 1. The fraction of sp³-hybridized carbons (Fsp3) is 0.938. The average molecular weight is 328 g/mol. The molecule has 1 amide bonds. The van der Waals surface area contributed by atoms with E-state index in [2.05, 4.69) is 20.8 Å². The molecule has 3 heteroatoms. The summed E-state index contributed by atoms with van der Waals surface area (Å²) in [5.74, 6) is 2.63. The Bertz CT molecular complexity index is 329. The summed E-state index contributed by atoms with van der Waals surface area (Å²) in [6.07, 6.45) is 11.8. The van der Waals surface area contributed by atoms with Crippen LogP contribution >= 0.6 is 15.9 Å². The molecule has 108 valence electrons. The summed E-state index contributed by atoms with van der Waals surface area (Å²) in [7, 11) is 0. The number of hydrogen-bond acceptors (Lipinski definition) is 1. The summed E-state index contributed by atoms with van der Waals surface area (Å²) < 4.78 is 0. The summed E-state index contributed by atoms with van der Waals surface area (Å²) in [4.78, 5) is 14.9. The van der Waals surface area contributed by atoms with Gasteiger partial charge < -0.3 is 4.90 Å². The van der Waals surface area contributed by atoms with E-state index in [1.54, 1.807) is 0 Å².